The number of aryl methyl sites for hydroxylation is 1. The molecule has 0 bridgehead atoms. The number of aliphatic hydroxyl groups excluding tert-OH is 1. The normalized spacial score (nSPS) is 11.6. The van der Waals surface area contributed by atoms with Crippen molar-refractivity contribution in [1.82, 2.24) is 15.3 Å². The highest BCUT2D eigenvalue weighted by Gasteiger charge is 2.12. The van der Waals surface area contributed by atoms with Crippen molar-refractivity contribution in [3.8, 4) is 11.5 Å². The van der Waals surface area contributed by atoms with Crippen LogP contribution in [0.25, 0.3) is 0 Å². The van der Waals surface area contributed by atoms with Crippen molar-refractivity contribution in [2.24, 2.45) is 0 Å². The van der Waals surface area contributed by atoms with E-state index in [4.69, 9.17) is 4.74 Å². The third-order valence-corrected chi connectivity index (χ3v) is 3.72. The molecule has 0 unspecified atom stereocenters. The van der Waals surface area contributed by atoms with E-state index in [0.717, 1.165) is 0 Å². The van der Waals surface area contributed by atoms with E-state index in [1.165, 1.54) is 12.4 Å². The Kier molecular flexibility index (Phi) is 5.56. The second kappa shape index (κ2) is 8.22. The first-order chi connectivity index (χ1) is 12.6. The topological polar surface area (TPSA) is 84.3 Å². The molecule has 0 aliphatic heterocycles. The number of aromatic nitrogens is 2. The van der Waals surface area contributed by atoms with Crippen LogP contribution in [0.3, 0.4) is 0 Å². The summed E-state index contributed by atoms with van der Waals surface area (Å²) in [6, 6.07) is 16.5. The molecular weight excluding hydrogens is 330 g/mol. The van der Waals surface area contributed by atoms with Crippen LogP contribution in [0.1, 0.15) is 27.8 Å². The third kappa shape index (κ3) is 4.64. The van der Waals surface area contributed by atoms with Crippen LogP contribution < -0.4 is 10.1 Å². The molecule has 0 radical (unpaired) electrons. The van der Waals surface area contributed by atoms with Gasteiger partial charge in [-0.2, -0.15) is 0 Å². The van der Waals surface area contributed by atoms with Crippen LogP contribution in [0.5, 0.6) is 11.5 Å². The van der Waals surface area contributed by atoms with Crippen LogP contribution in [-0.4, -0.2) is 27.5 Å². The fourth-order valence-corrected chi connectivity index (χ4v) is 2.33. The molecule has 0 fully saturated rings. The summed E-state index contributed by atoms with van der Waals surface area (Å²) in [7, 11) is 0. The summed E-state index contributed by atoms with van der Waals surface area (Å²) < 4.78 is 5.76. The fraction of sp³-hybridized carbons (Fsp3) is 0.150. The molecule has 0 saturated carbocycles. The molecule has 0 aliphatic carbocycles. The maximum atomic E-state index is 12.1. The number of ether oxygens (including phenoxy) is 1. The summed E-state index contributed by atoms with van der Waals surface area (Å²) >= 11 is 0. The number of nitrogens with one attached hydrogen (secondary N) is 1. The second-order valence-electron chi connectivity index (χ2n) is 5.73. The molecule has 132 valence electrons. The molecule has 1 amide bonds. The first kappa shape index (κ1) is 17.6. The Labute approximate surface area is 151 Å². The summed E-state index contributed by atoms with van der Waals surface area (Å²) in [6.07, 6.45) is 2.06. The maximum Gasteiger partial charge on any atom is 0.254 e. The minimum absolute atomic E-state index is 0.0709. The lowest BCUT2D eigenvalue weighted by Crippen LogP contribution is -2.28. The lowest BCUT2D eigenvalue weighted by molar-refractivity contribution is 0.0915. The Morgan fingerprint density at radius 3 is 2.50 bits per heavy atom. The van der Waals surface area contributed by atoms with Gasteiger partial charge in [-0.05, 0) is 36.8 Å². The van der Waals surface area contributed by atoms with E-state index in [1.54, 1.807) is 25.1 Å². The second-order valence-corrected chi connectivity index (χ2v) is 5.73. The minimum Gasteiger partial charge on any atom is -0.457 e. The molecule has 3 rings (SSSR count). The number of para-hydroxylation sites is 1. The lowest BCUT2D eigenvalue weighted by atomic mass is 10.1. The van der Waals surface area contributed by atoms with Crippen molar-refractivity contribution in [1.29, 1.82) is 0 Å². The van der Waals surface area contributed by atoms with Crippen molar-refractivity contribution in [3.63, 3.8) is 0 Å². The molecule has 2 N–H and O–H groups in total. The SMILES string of the molecule is Cc1ncc(C(=O)NC[C@H](O)c2cccc(Oc3ccccc3)c2)cn1. The lowest BCUT2D eigenvalue weighted by Gasteiger charge is -2.14. The Balaban J connectivity index is 1.61. The van der Waals surface area contributed by atoms with Gasteiger partial charge < -0.3 is 15.2 Å². The molecule has 6 heteroatoms. The first-order valence-corrected chi connectivity index (χ1v) is 8.19. The Hall–Kier alpha value is -3.25. The number of carbonyl (C=O) groups is 1. The number of benzene rings is 2. The van der Waals surface area contributed by atoms with Gasteiger partial charge in [0.1, 0.15) is 17.3 Å². The molecule has 3 aromatic rings. The van der Waals surface area contributed by atoms with Gasteiger partial charge in [0.2, 0.25) is 0 Å². The van der Waals surface area contributed by atoms with E-state index >= 15 is 0 Å². The van der Waals surface area contributed by atoms with Crippen molar-refractivity contribution >= 4 is 5.91 Å². The number of hydrogen-bond acceptors (Lipinski definition) is 5. The van der Waals surface area contributed by atoms with Crippen LogP contribution in [0.4, 0.5) is 0 Å². The van der Waals surface area contributed by atoms with Gasteiger partial charge in [-0.15, -0.1) is 0 Å². The number of amides is 1. The van der Waals surface area contributed by atoms with Gasteiger partial charge in [-0.25, -0.2) is 9.97 Å². The van der Waals surface area contributed by atoms with Crippen molar-refractivity contribution in [3.05, 3.63) is 83.9 Å². The van der Waals surface area contributed by atoms with Crippen molar-refractivity contribution in [2.45, 2.75) is 13.0 Å². The molecule has 0 spiro atoms. The van der Waals surface area contributed by atoms with E-state index in [-0.39, 0.29) is 12.5 Å². The predicted octanol–water partition coefficient (Wildman–Crippen LogP) is 3.04. The standard InChI is InChI=1S/C20H19N3O3/c1-14-21-11-16(12-22-14)20(25)23-13-19(24)15-6-5-9-18(10-15)26-17-7-3-2-4-8-17/h2-12,19,24H,13H2,1H3,(H,23,25)/t19-/m0/s1. The van der Waals surface area contributed by atoms with Crippen molar-refractivity contribution < 1.29 is 14.6 Å². The summed E-state index contributed by atoms with van der Waals surface area (Å²) in [4.78, 5) is 20.0. The molecule has 2 aromatic carbocycles. The van der Waals surface area contributed by atoms with Crippen LogP contribution >= 0.6 is 0 Å². The quantitative estimate of drug-likeness (QED) is 0.714. The van der Waals surface area contributed by atoms with Crippen LogP contribution in [-0.2, 0) is 0 Å². The average molecular weight is 349 g/mol. The smallest absolute Gasteiger partial charge is 0.254 e. The third-order valence-electron chi connectivity index (χ3n) is 3.72. The summed E-state index contributed by atoms with van der Waals surface area (Å²) in [6.45, 7) is 1.82. The number of carbonyl (C=O) groups excluding carboxylic acids is 1. The zero-order valence-corrected chi connectivity index (χ0v) is 14.3. The van der Waals surface area contributed by atoms with E-state index in [9.17, 15) is 9.90 Å². The number of rotatable bonds is 6. The largest absolute Gasteiger partial charge is 0.457 e. The van der Waals surface area contributed by atoms with Crippen LogP contribution in [0, 0.1) is 6.92 Å². The van der Waals surface area contributed by atoms with E-state index in [2.05, 4.69) is 15.3 Å². The van der Waals surface area contributed by atoms with Gasteiger partial charge in [-0.3, -0.25) is 4.79 Å². The average Bonchev–Trinajstić information content (AvgIpc) is 2.67. The summed E-state index contributed by atoms with van der Waals surface area (Å²) in [5.41, 5.74) is 1.00. The molecule has 1 atom stereocenters. The highest BCUT2D eigenvalue weighted by Crippen LogP contribution is 2.24. The van der Waals surface area contributed by atoms with E-state index in [0.29, 0.717) is 28.5 Å². The molecular formula is C20H19N3O3. The molecule has 1 heterocycles. The highest BCUT2D eigenvalue weighted by atomic mass is 16.5. The number of aliphatic hydroxyl groups is 1. The summed E-state index contributed by atoms with van der Waals surface area (Å²) in [5, 5.41) is 13.0. The monoisotopic (exact) mass is 349 g/mol. The highest BCUT2D eigenvalue weighted by molar-refractivity contribution is 5.93. The molecule has 0 saturated heterocycles. The van der Waals surface area contributed by atoms with E-state index in [1.807, 2.05) is 36.4 Å². The Morgan fingerprint density at radius 1 is 1.08 bits per heavy atom. The molecule has 1 aromatic heterocycles. The van der Waals surface area contributed by atoms with E-state index < -0.39 is 6.10 Å². The van der Waals surface area contributed by atoms with Gasteiger partial charge in [0.25, 0.3) is 5.91 Å². The van der Waals surface area contributed by atoms with Crippen LogP contribution in [0.2, 0.25) is 0 Å². The first-order valence-electron chi connectivity index (χ1n) is 8.19. The molecule has 26 heavy (non-hydrogen) atoms. The van der Waals surface area contributed by atoms with Gasteiger partial charge in [0.15, 0.2) is 0 Å². The van der Waals surface area contributed by atoms with Gasteiger partial charge >= 0.3 is 0 Å². The summed E-state index contributed by atoms with van der Waals surface area (Å²) in [5.74, 6) is 1.59. The maximum absolute atomic E-state index is 12.1. The zero-order valence-electron chi connectivity index (χ0n) is 14.3. The zero-order chi connectivity index (χ0) is 18.4. The Bertz CT molecular complexity index is 867. The van der Waals surface area contributed by atoms with Gasteiger partial charge in [0, 0.05) is 18.9 Å². The Morgan fingerprint density at radius 2 is 1.77 bits per heavy atom. The van der Waals surface area contributed by atoms with Gasteiger partial charge in [0.05, 0.1) is 11.7 Å². The minimum atomic E-state index is -0.857. The fourth-order valence-electron chi connectivity index (χ4n) is 2.33. The molecule has 0 aliphatic rings. The number of hydrogen-bond donors (Lipinski definition) is 2. The number of nitrogens with zero attached hydrogens (tertiary/aromatic N) is 2. The van der Waals surface area contributed by atoms with Gasteiger partial charge in [-0.1, -0.05) is 30.3 Å². The predicted molar refractivity (Wildman–Crippen MR) is 97.0 cm³/mol. The molecule has 6 nitrogen and oxygen atoms in total. The van der Waals surface area contributed by atoms with Crippen molar-refractivity contribution in [2.75, 3.05) is 6.54 Å². The van der Waals surface area contributed by atoms with Crippen LogP contribution in [0.15, 0.2) is 67.0 Å².